The lowest BCUT2D eigenvalue weighted by molar-refractivity contribution is -0.136. The van der Waals surface area contributed by atoms with Crippen LogP contribution in [0, 0.1) is 0 Å². The molecular formula is C16H14Cl2N2O2. The topological polar surface area (TPSA) is 58.2 Å². The van der Waals surface area contributed by atoms with E-state index in [2.05, 4.69) is 10.6 Å². The molecule has 2 aromatic carbocycles. The number of nitrogens with one attached hydrogen (secondary N) is 2. The molecule has 0 spiro atoms. The molecule has 6 heteroatoms. The van der Waals surface area contributed by atoms with Gasteiger partial charge in [0.15, 0.2) is 0 Å². The summed E-state index contributed by atoms with van der Waals surface area (Å²) < 4.78 is 0. The molecule has 0 fully saturated rings. The summed E-state index contributed by atoms with van der Waals surface area (Å²) in [6.45, 7) is 1.80. The third-order valence-electron chi connectivity index (χ3n) is 2.97. The van der Waals surface area contributed by atoms with Crippen LogP contribution in [0.15, 0.2) is 48.5 Å². The Balaban J connectivity index is 1.99. The number of amides is 2. The molecule has 0 saturated carbocycles. The number of carbonyl (C=O) groups excluding carboxylic acids is 2. The molecule has 2 N–H and O–H groups in total. The molecule has 0 aliphatic rings. The number of benzene rings is 2. The number of hydrogen-bond acceptors (Lipinski definition) is 2. The molecule has 2 amide bonds. The van der Waals surface area contributed by atoms with Gasteiger partial charge in [-0.15, -0.1) is 0 Å². The number of rotatable bonds is 3. The Morgan fingerprint density at radius 2 is 1.55 bits per heavy atom. The third-order valence-corrected chi connectivity index (χ3v) is 3.41. The van der Waals surface area contributed by atoms with Gasteiger partial charge in [-0.25, -0.2) is 0 Å². The van der Waals surface area contributed by atoms with E-state index in [0.717, 1.165) is 5.56 Å². The van der Waals surface area contributed by atoms with Crippen LogP contribution in [0.4, 0.5) is 5.69 Å². The third kappa shape index (κ3) is 4.48. The molecule has 0 saturated heterocycles. The Morgan fingerprint density at radius 3 is 2.14 bits per heavy atom. The Labute approximate surface area is 138 Å². The Hall–Kier alpha value is -2.04. The first-order chi connectivity index (χ1) is 10.5. The molecule has 4 nitrogen and oxygen atoms in total. The van der Waals surface area contributed by atoms with E-state index in [1.807, 2.05) is 30.3 Å². The summed E-state index contributed by atoms with van der Waals surface area (Å²) in [5.74, 6) is -1.51. The summed E-state index contributed by atoms with van der Waals surface area (Å²) in [5, 5.41) is 5.84. The highest BCUT2D eigenvalue weighted by molar-refractivity contribution is 6.40. The van der Waals surface area contributed by atoms with Crippen LogP contribution in [0.3, 0.4) is 0 Å². The Kier molecular flexibility index (Phi) is 5.41. The smallest absolute Gasteiger partial charge is 0.313 e. The number of carbonyl (C=O) groups is 2. The molecule has 114 valence electrons. The Bertz CT molecular complexity index is 670. The predicted octanol–water partition coefficient (Wildman–Crippen LogP) is 3.81. The van der Waals surface area contributed by atoms with Crippen molar-refractivity contribution >= 4 is 40.7 Å². The largest absolute Gasteiger partial charge is 0.341 e. The highest BCUT2D eigenvalue weighted by Gasteiger charge is 2.17. The maximum absolute atomic E-state index is 11.9. The Morgan fingerprint density at radius 1 is 0.955 bits per heavy atom. The fraction of sp³-hybridized carbons (Fsp3) is 0.125. The van der Waals surface area contributed by atoms with E-state index < -0.39 is 11.8 Å². The highest BCUT2D eigenvalue weighted by atomic mass is 35.5. The van der Waals surface area contributed by atoms with Gasteiger partial charge < -0.3 is 10.6 Å². The molecule has 0 radical (unpaired) electrons. The zero-order chi connectivity index (χ0) is 16.1. The predicted molar refractivity (Wildman–Crippen MR) is 88.1 cm³/mol. The molecule has 0 unspecified atom stereocenters. The van der Waals surface area contributed by atoms with E-state index >= 15 is 0 Å². The van der Waals surface area contributed by atoms with Crippen LogP contribution in [0.1, 0.15) is 18.5 Å². The normalized spacial score (nSPS) is 11.6. The van der Waals surface area contributed by atoms with Crippen molar-refractivity contribution in [1.29, 1.82) is 0 Å². The molecular weight excluding hydrogens is 323 g/mol. The first-order valence-corrected chi connectivity index (χ1v) is 7.34. The molecule has 2 aromatic rings. The van der Waals surface area contributed by atoms with E-state index in [0.29, 0.717) is 15.7 Å². The molecule has 0 heterocycles. The maximum Gasteiger partial charge on any atom is 0.313 e. The quantitative estimate of drug-likeness (QED) is 0.837. The first kappa shape index (κ1) is 16.3. The van der Waals surface area contributed by atoms with Gasteiger partial charge in [-0.1, -0.05) is 53.5 Å². The minimum absolute atomic E-state index is 0.276. The summed E-state index contributed by atoms with van der Waals surface area (Å²) in [4.78, 5) is 23.8. The van der Waals surface area contributed by atoms with Crippen LogP contribution in [-0.4, -0.2) is 11.8 Å². The zero-order valence-electron chi connectivity index (χ0n) is 11.8. The van der Waals surface area contributed by atoms with E-state index in [1.54, 1.807) is 6.92 Å². The molecule has 0 bridgehead atoms. The number of halogens is 2. The second-order valence-electron chi connectivity index (χ2n) is 4.72. The van der Waals surface area contributed by atoms with Crippen LogP contribution in [0.5, 0.6) is 0 Å². The second kappa shape index (κ2) is 7.29. The zero-order valence-corrected chi connectivity index (χ0v) is 13.3. The lowest BCUT2D eigenvalue weighted by Crippen LogP contribution is -2.36. The van der Waals surface area contributed by atoms with Crippen LogP contribution < -0.4 is 10.6 Å². The van der Waals surface area contributed by atoms with Crippen molar-refractivity contribution in [2.24, 2.45) is 0 Å². The monoisotopic (exact) mass is 336 g/mol. The summed E-state index contributed by atoms with van der Waals surface area (Å²) in [7, 11) is 0. The molecule has 22 heavy (non-hydrogen) atoms. The molecule has 0 aliphatic carbocycles. The van der Waals surface area contributed by atoms with Gasteiger partial charge in [0.2, 0.25) is 0 Å². The fourth-order valence-corrected chi connectivity index (χ4v) is 2.43. The summed E-state index contributed by atoms with van der Waals surface area (Å²) in [5.41, 5.74) is 1.28. The van der Waals surface area contributed by atoms with Gasteiger partial charge in [-0.3, -0.25) is 9.59 Å². The standard InChI is InChI=1S/C16H14Cl2N2O2/c1-10(11-5-3-2-4-6-11)19-15(21)16(22)20-14-8-12(17)7-13(18)9-14/h2-10H,1H3,(H,19,21)(H,20,22)/t10-/m0/s1. The van der Waals surface area contributed by atoms with Crippen molar-refractivity contribution < 1.29 is 9.59 Å². The van der Waals surface area contributed by atoms with Crippen LogP contribution in [0.2, 0.25) is 10.0 Å². The molecule has 1 atom stereocenters. The van der Waals surface area contributed by atoms with Crippen molar-refractivity contribution in [3.8, 4) is 0 Å². The van der Waals surface area contributed by atoms with Gasteiger partial charge in [0.1, 0.15) is 0 Å². The summed E-state index contributed by atoms with van der Waals surface area (Å²) >= 11 is 11.7. The van der Waals surface area contributed by atoms with E-state index in [9.17, 15) is 9.59 Å². The molecule has 0 aliphatic heterocycles. The van der Waals surface area contributed by atoms with Gasteiger partial charge in [-0.2, -0.15) is 0 Å². The lowest BCUT2D eigenvalue weighted by atomic mass is 10.1. The van der Waals surface area contributed by atoms with Gasteiger partial charge in [0.25, 0.3) is 0 Å². The van der Waals surface area contributed by atoms with Gasteiger partial charge in [0, 0.05) is 15.7 Å². The van der Waals surface area contributed by atoms with E-state index in [1.165, 1.54) is 18.2 Å². The number of hydrogen-bond donors (Lipinski definition) is 2. The minimum atomic E-state index is -0.777. The molecule has 2 rings (SSSR count). The van der Waals surface area contributed by atoms with Crippen molar-refractivity contribution in [2.45, 2.75) is 13.0 Å². The average molecular weight is 337 g/mol. The molecule has 0 aromatic heterocycles. The highest BCUT2D eigenvalue weighted by Crippen LogP contribution is 2.22. The van der Waals surface area contributed by atoms with Crippen molar-refractivity contribution in [3.63, 3.8) is 0 Å². The van der Waals surface area contributed by atoms with Crippen LogP contribution >= 0.6 is 23.2 Å². The van der Waals surface area contributed by atoms with E-state index in [-0.39, 0.29) is 6.04 Å². The van der Waals surface area contributed by atoms with Crippen LogP contribution in [0.25, 0.3) is 0 Å². The maximum atomic E-state index is 11.9. The van der Waals surface area contributed by atoms with Crippen LogP contribution in [-0.2, 0) is 9.59 Å². The van der Waals surface area contributed by atoms with E-state index in [4.69, 9.17) is 23.2 Å². The van der Waals surface area contributed by atoms with Crippen molar-refractivity contribution in [3.05, 3.63) is 64.1 Å². The van der Waals surface area contributed by atoms with Gasteiger partial charge in [-0.05, 0) is 30.7 Å². The fourth-order valence-electron chi connectivity index (χ4n) is 1.90. The number of anilines is 1. The minimum Gasteiger partial charge on any atom is -0.341 e. The first-order valence-electron chi connectivity index (χ1n) is 6.58. The lowest BCUT2D eigenvalue weighted by Gasteiger charge is -2.14. The van der Waals surface area contributed by atoms with Gasteiger partial charge >= 0.3 is 11.8 Å². The summed E-state index contributed by atoms with van der Waals surface area (Å²) in [6.07, 6.45) is 0. The second-order valence-corrected chi connectivity index (χ2v) is 5.59. The van der Waals surface area contributed by atoms with Gasteiger partial charge in [0.05, 0.1) is 6.04 Å². The SMILES string of the molecule is C[C@H](NC(=O)C(=O)Nc1cc(Cl)cc(Cl)c1)c1ccccc1. The van der Waals surface area contributed by atoms with Crippen molar-refractivity contribution in [2.75, 3.05) is 5.32 Å². The summed E-state index contributed by atoms with van der Waals surface area (Å²) in [6, 6.07) is 13.7. The van der Waals surface area contributed by atoms with Crippen molar-refractivity contribution in [1.82, 2.24) is 5.32 Å². The average Bonchev–Trinajstić information content (AvgIpc) is 2.46.